The van der Waals surface area contributed by atoms with E-state index in [2.05, 4.69) is 20.8 Å². The van der Waals surface area contributed by atoms with Gasteiger partial charge in [-0.25, -0.2) is 4.79 Å². The second-order valence-electron chi connectivity index (χ2n) is 8.80. The summed E-state index contributed by atoms with van der Waals surface area (Å²) in [5.74, 6) is -63.1. The molecule has 0 aromatic carbocycles. The molecular formula is C22H21F17O6. The number of esters is 3. The van der Waals surface area contributed by atoms with Gasteiger partial charge < -0.3 is 14.2 Å². The predicted molar refractivity (Wildman–Crippen MR) is 111 cm³/mol. The Kier molecular flexibility index (Phi) is 12.8. The molecule has 0 fully saturated rings. The van der Waals surface area contributed by atoms with Gasteiger partial charge in [-0.1, -0.05) is 6.58 Å². The summed E-state index contributed by atoms with van der Waals surface area (Å²) in [4.78, 5) is 35.5. The molecule has 0 heterocycles. The molecule has 264 valence electrons. The van der Waals surface area contributed by atoms with Crippen LogP contribution < -0.4 is 0 Å². The zero-order valence-electron chi connectivity index (χ0n) is 22.4. The third-order valence-corrected chi connectivity index (χ3v) is 5.56. The van der Waals surface area contributed by atoms with Crippen LogP contribution in [-0.2, 0) is 28.6 Å². The molecule has 0 amide bonds. The normalized spacial score (nSPS) is 14.9. The van der Waals surface area contributed by atoms with E-state index in [1.165, 1.54) is 13.8 Å². The van der Waals surface area contributed by atoms with E-state index in [-0.39, 0.29) is 13.2 Å². The first kappa shape index (κ1) is 42.0. The minimum atomic E-state index is -8.76. The number of alkyl halides is 17. The van der Waals surface area contributed by atoms with E-state index in [0.29, 0.717) is 0 Å². The SMILES string of the molecule is C=C(CC(CC(=O)OCC)C(=O)OCC)C(=O)OCCC(F)(F)C(F)(F)C(F)(F)C(F)(F)C(F)(F)C(F)(F)C(F)(F)C(F)(F)F. The summed E-state index contributed by atoms with van der Waals surface area (Å²) in [6.45, 7) is 3.06. The minimum Gasteiger partial charge on any atom is -0.466 e. The number of carbonyl (C=O) groups is 3. The van der Waals surface area contributed by atoms with E-state index < -0.39 is 103 Å². The van der Waals surface area contributed by atoms with Gasteiger partial charge in [0.2, 0.25) is 0 Å². The maximum absolute atomic E-state index is 14.0. The van der Waals surface area contributed by atoms with Gasteiger partial charge in [0.1, 0.15) is 0 Å². The smallest absolute Gasteiger partial charge is 0.460 e. The zero-order chi connectivity index (χ0) is 36.3. The fraction of sp³-hybridized carbons (Fsp3) is 0.773. The second kappa shape index (κ2) is 13.8. The Balaban J connectivity index is 5.98. The summed E-state index contributed by atoms with van der Waals surface area (Å²) in [5, 5.41) is 0. The van der Waals surface area contributed by atoms with Crippen LogP contribution in [0.2, 0.25) is 0 Å². The average molecular weight is 704 g/mol. The third-order valence-electron chi connectivity index (χ3n) is 5.56. The number of ether oxygens (including phenoxy) is 3. The lowest BCUT2D eigenvalue weighted by atomic mass is 9.88. The Bertz CT molecular complexity index is 1080. The van der Waals surface area contributed by atoms with Crippen LogP contribution in [-0.4, -0.2) is 85.4 Å². The Hall–Kier alpha value is -3.04. The summed E-state index contributed by atoms with van der Waals surface area (Å²) in [6, 6.07) is 0. The summed E-state index contributed by atoms with van der Waals surface area (Å²) >= 11 is 0. The molecule has 0 aliphatic carbocycles. The number of hydrogen-bond acceptors (Lipinski definition) is 6. The molecule has 0 bridgehead atoms. The Labute approximate surface area is 240 Å². The number of halogens is 17. The largest absolute Gasteiger partial charge is 0.466 e. The van der Waals surface area contributed by atoms with E-state index in [0.717, 1.165) is 0 Å². The van der Waals surface area contributed by atoms with Crippen molar-refractivity contribution in [3.05, 3.63) is 12.2 Å². The Morgan fingerprint density at radius 2 is 0.978 bits per heavy atom. The molecule has 0 saturated heterocycles. The van der Waals surface area contributed by atoms with Crippen molar-refractivity contribution in [2.75, 3.05) is 19.8 Å². The molecule has 0 aromatic rings. The fourth-order valence-corrected chi connectivity index (χ4v) is 3.03. The van der Waals surface area contributed by atoms with E-state index in [9.17, 15) is 89.0 Å². The van der Waals surface area contributed by atoms with E-state index in [1.807, 2.05) is 0 Å². The van der Waals surface area contributed by atoms with Crippen LogP contribution in [0.4, 0.5) is 74.6 Å². The molecule has 0 N–H and O–H groups in total. The first-order chi connectivity index (χ1) is 19.9. The molecule has 6 nitrogen and oxygen atoms in total. The fourth-order valence-electron chi connectivity index (χ4n) is 3.03. The Morgan fingerprint density at radius 3 is 1.38 bits per heavy atom. The summed E-state index contributed by atoms with van der Waals surface area (Å²) in [7, 11) is 0. The van der Waals surface area contributed by atoms with Crippen LogP contribution in [0.3, 0.4) is 0 Å². The molecule has 0 radical (unpaired) electrons. The summed E-state index contributed by atoms with van der Waals surface area (Å²) < 4.78 is 239. The first-order valence-electron chi connectivity index (χ1n) is 11.7. The van der Waals surface area contributed by atoms with Crippen molar-refractivity contribution in [2.45, 2.75) is 80.7 Å². The highest BCUT2D eigenvalue weighted by atomic mass is 19.4. The van der Waals surface area contributed by atoms with Crippen LogP contribution in [0.1, 0.15) is 33.1 Å². The lowest BCUT2D eigenvalue weighted by molar-refractivity contribution is -0.461. The molecule has 0 aliphatic heterocycles. The van der Waals surface area contributed by atoms with Gasteiger partial charge in [0, 0.05) is 5.57 Å². The lowest BCUT2D eigenvalue weighted by Gasteiger charge is -2.42. The number of rotatable bonds is 17. The predicted octanol–water partition coefficient (Wildman–Crippen LogP) is 7.01. The topological polar surface area (TPSA) is 78.9 Å². The van der Waals surface area contributed by atoms with Crippen molar-refractivity contribution in [2.24, 2.45) is 5.92 Å². The highest BCUT2D eigenvalue weighted by Crippen LogP contribution is 2.64. The quantitative estimate of drug-likeness (QED) is 0.0703. The van der Waals surface area contributed by atoms with Gasteiger partial charge in [-0.15, -0.1) is 0 Å². The first-order valence-corrected chi connectivity index (χ1v) is 11.7. The molecule has 0 saturated carbocycles. The van der Waals surface area contributed by atoms with Crippen molar-refractivity contribution >= 4 is 17.9 Å². The van der Waals surface area contributed by atoms with Gasteiger partial charge in [-0.05, 0) is 20.3 Å². The maximum atomic E-state index is 14.0. The maximum Gasteiger partial charge on any atom is 0.460 e. The van der Waals surface area contributed by atoms with Crippen molar-refractivity contribution in [3.63, 3.8) is 0 Å². The highest BCUT2D eigenvalue weighted by Gasteiger charge is 2.95. The molecule has 1 atom stereocenters. The van der Waals surface area contributed by atoms with Gasteiger partial charge in [0.15, 0.2) is 0 Å². The lowest BCUT2D eigenvalue weighted by Crippen LogP contribution is -2.74. The van der Waals surface area contributed by atoms with Crippen molar-refractivity contribution in [1.29, 1.82) is 0 Å². The summed E-state index contributed by atoms with van der Waals surface area (Å²) in [6.07, 6.45) is -12.5. The molecule has 0 aliphatic rings. The third kappa shape index (κ3) is 7.86. The van der Waals surface area contributed by atoms with Gasteiger partial charge in [0.05, 0.1) is 38.6 Å². The molecule has 1 unspecified atom stereocenters. The monoisotopic (exact) mass is 704 g/mol. The highest BCUT2D eigenvalue weighted by molar-refractivity contribution is 5.89. The summed E-state index contributed by atoms with van der Waals surface area (Å²) in [5.41, 5.74) is -0.906. The molecular weight excluding hydrogens is 683 g/mol. The zero-order valence-corrected chi connectivity index (χ0v) is 22.4. The van der Waals surface area contributed by atoms with Crippen LogP contribution in [0.25, 0.3) is 0 Å². The van der Waals surface area contributed by atoms with Gasteiger partial charge in [0.25, 0.3) is 0 Å². The van der Waals surface area contributed by atoms with Gasteiger partial charge in [-0.3, -0.25) is 9.59 Å². The molecule has 0 aromatic heterocycles. The van der Waals surface area contributed by atoms with E-state index >= 15 is 0 Å². The van der Waals surface area contributed by atoms with E-state index in [4.69, 9.17) is 0 Å². The van der Waals surface area contributed by atoms with Crippen LogP contribution in [0, 0.1) is 5.92 Å². The van der Waals surface area contributed by atoms with Crippen LogP contribution >= 0.6 is 0 Å². The standard InChI is InChI=1S/C22H21F17O6/c1-4-43-12(40)9-11(14(42)44-5-2)8-10(3)13(41)45-7-6-15(23,24)16(25,26)17(27,28)18(29,30)19(31,32)20(33,34)21(35,36)22(37,38)39/h11H,3-9H2,1-2H3. The molecule has 0 rings (SSSR count). The van der Waals surface area contributed by atoms with Crippen molar-refractivity contribution in [1.82, 2.24) is 0 Å². The van der Waals surface area contributed by atoms with Crippen molar-refractivity contribution in [3.8, 4) is 0 Å². The Morgan fingerprint density at radius 1 is 0.578 bits per heavy atom. The number of carbonyl (C=O) groups excluding carboxylic acids is 3. The molecule has 45 heavy (non-hydrogen) atoms. The van der Waals surface area contributed by atoms with Crippen molar-refractivity contribution < 1.29 is 103 Å². The minimum absolute atomic E-state index is 0.179. The molecule has 0 spiro atoms. The second-order valence-corrected chi connectivity index (χ2v) is 8.80. The average Bonchev–Trinajstić information content (AvgIpc) is 2.86. The molecule has 23 heteroatoms. The van der Waals surface area contributed by atoms with Gasteiger partial charge >= 0.3 is 65.5 Å². The van der Waals surface area contributed by atoms with Crippen LogP contribution in [0.15, 0.2) is 12.2 Å². The van der Waals surface area contributed by atoms with Gasteiger partial charge in [-0.2, -0.15) is 74.6 Å². The number of hydrogen-bond donors (Lipinski definition) is 0. The van der Waals surface area contributed by atoms with Crippen LogP contribution in [0.5, 0.6) is 0 Å². The van der Waals surface area contributed by atoms with E-state index in [1.54, 1.807) is 0 Å².